The molecule has 3 rings (SSSR count). The largest absolute Gasteiger partial charge is 0.399 e. The van der Waals surface area contributed by atoms with Gasteiger partial charge in [-0.05, 0) is 55.7 Å². The maximum atomic E-state index is 12.6. The fraction of sp³-hybridized carbons (Fsp3) is 0.267. The molecule has 0 spiro atoms. The SMILES string of the molecule is Cc1cc(C(=O)N2CCc3cc(N)ccc32)sc1C. The van der Waals surface area contributed by atoms with Gasteiger partial charge in [0.05, 0.1) is 4.88 Å². The molecule has 4 heteroatoms. The number of carbonyl (C=O) groups excluding carboxylic acids is 1. The molecule has 0 saturated heterocycles. The number of rotatable bonds is 1. The van der Waals surface area contributed by atoms with Gasteiger partial charge in [-0.1, -0.05) is 0 Å². The van der Waals surface area contributed by atoms with E-state index in [0.29, 0.717) is 0 Å². The highest BCUT2D eigenvalue weighted by molar-refractivity contribution is 7.14. The molecule has 0 fully saturated rings. The average Bonchev–Trinajstić information content (AvgIpc) is 2.93. The molecular formula is C15H16N2OS. The first kappa shape index (κ1) is 12.2. The third-order valence-electron chi connectivity index (χ3n) is 3.62. The highest BCUT2D eigenvalue weighted by atomic mass is 32.1. The van der Waals surface area contributed by atoms with Gasteiger partial charge in [-0.2, -0.15) is 0 Å². The topological polar surface area (TPSA) is 46.3 Å². The van der Waals surface area contributed by atoms with Crippen LogP contribution in [0.5, 0.6) is 0 Å². The average molecular weight is 272 g/mol. The number of nitrogens with zero attached hydrogens (tertiary/aromatic N) is 1. The monoisotopic (exact) mass is 272 g/mol. The van der Waals surface area contributed by atoms with Crippen LogP contribution in [0.15, 0.2) is 24.3 Å². The number of aryl methyl sites for hydroxylation is 2. The van der Waals surface area contributed by atoms with Crippen molar-refractivity contribution in [1.29, 1.82) is 0 Å². The smallest absolute Gasteiger partial charge is 0.268 e. The predicted molar refractivity (Wildman–Crippen MR) is 80.0 cm³/mol. The zero-order valence-corrected chi connectivity index (χ0v) is 11.9. The summed E-state index contributed by atoms with van der Waals surface area (Å²) in [6.45, 7) is 4.84. The summed E-state index contributed by atoms with van der Waals surface area (Å²) >= 11 is 1.57. The minimum absolute atomic E-state index is 0.102. The Balaban J connectivity index is 1.95. The van der Waals surface area contributed by atoms with Gasteiger partial charge in [0.1, 0.15) is 0 Å². The standard InChI is InChI=1S/C15H16N2OS/c1-9-7-14(19-10(9)2)15(18)17-6-5-11-8-12(16)3-4-13(11)17/h3-4,7-8H,5-6,16H2,1-2H3. The molecule has 1 aromatic carbocycles. The Hall–Kier alpha value is -1.81. The molecule has 1 aliphatic rings. The van der Waals surface area contributed by atoms with Crippen molar-refractivity contribution in [3.05, 3.63) is 45.1 Å². The number of hydrogen-bond acceptors (Lipinski definition) is 3. The molecule has 0 radical (unpaired) electrons. The maximum absolute atomic E-state index is 12.6. The number of fused-ring (bicyclic) bond motifs is 1. The van der Waals surface area contributed by atoms with Gasteiger partial charge in [-0.25, -0.2) is 0 Å². The van der Waals surface area contributed by atoms with E-state index in [1.165, 1.54) is 16.0 Å². The van der Waals surface area contributed by atoms with Gasteiger partial charge in [0.2, 0.25) is 0 Å². The minimum atomic E-state index is 0.102. The number of benzene rings is 1. The highest BCUT2D eigenvalue weighted by Crippen LogP contribution is 2.32. The van der Waals surface area contributed by atoms with Crippen molar-refractivity contribution < 1.29 is 4.79 Å². The summed E-state index contributed by atoms with van der Waals surface area (Å²) in [5, 5.41) is 0. The van der Waals surface area contributed by atoms with Gasteiger partial charge in [0.25, 0.3) is 5.91 Å². The third-order valence-corrected chi connectivity index (χ3v) is 4.76. The second-order valence-electron chi connectivity index (χ2n) is 4.94. The van der Waals surface area contributed by atoms with Gasteiger partial charge in [-0.15, -0.1) is 11.3 Å². The van der Waals surface area contributed by atoms with Crippen LogP contribution in [0, 0.1) is 13.8 Å². The van der Waals surface area contributed by atoms with Crippen molar-refractivity contribution in [3.63, 3.8) is 0 Å². The van der Waals surface area contributed by atoms with Gasteiger partial charge in [-0.3, -0.25) is 4.79 Å². The molecular weight excluding hydrogens is 256 g/mol. The molecule has 19 heavy (non-hydrogen) atoms. The molecule has 98 valence electrons. The quantitative estimate of drug-likeness (QED) is 0.811. The van der Waals surface area contributed by atoms with Gasteiger partial charge < -0.3 is 10.6 Å². The van der Waals surface area contributed by atoms with Crippen molar-refractivity contribution in [2.24, 2.45) is 0 Å². The predicted octanol–water partition coefficient (Wildman–Crippen LogP) is 3.15. The van der Waals surface area contributed by atoms with Crippen molar-refractivity contribution in [2.45, 2.75) is 20.3 Å². The Kier molecular flexibility index (Phi) is 2.82. The van der Waals surface area contributed by atoms with E-state index in [1.807, 2.05) is 36.1 Å². The maximum Gasteiger partial charge on any atom is 0.268 e. The molecule has 2 N–H and O–H groups in total. The highest BCUT2D eigenvalue weighted by Gasteiger charge is 2.26. The van der Waals surface area contributed by atoms with Crippen molar-refractivity contribution in [3.8, 4) is 0 Å². The summed E-state index contributed by atoms with van der Waals surface area (Å²) in [6, 6.07) is 7.75. The number of hydrogen-bond donors (Lipinski definition) is 1. The van der Waals surface area contributed by atoms with Gasteiger partial charge in [0.15, 0.2) is 0 Å². The van der Waals surface area contributed by atoms with Crippen LogP contribution in [-0.4, -0.2) is 12.5 Å². The zero-order chi connectivity index (χ0) is 13.6. The second-order valence-corrected chi connectivity index (χ2v) is 6.20. The van der Waals surface area contributed by atoms with Gasteiger partial charge >= 0.3 is 0 Å². The minimum Gasteiger partial charge on any atom is -0.399 e. The first-order valence-electron chi connectivity index (χ1n) is 6.33. The lowest BCUT2D eigenvalue weighted by Gasteiger charge is -2.16. The summed E-state index contributed by atoms with van der Waals surface area (Å²) in [5.41, 5.74) is 9.90. The molecule has 2 aromatic rings. The number of nitrogens with two attached hydrogens (primary N) is 1. The Morgan fingerprint density at radius 1 is 1.32 bits per heavy atom. The molecule has 3 nitrogen and oxygen atoms in total. The molecule has 2 heterocycles. The Bertz CT molecular complexity index is 641. The lowest BCUT2D eigenvalue weighted by atomic mass is 10.1. The molecule has 1 amide bonds. The van der Waals surface area contributed by atoms with Crippen molar-refractivity contribution >= 4 is 28.6 Å². The summed E-state index contributed by atoms with van der Waals surface area (Å²) in [4.78, 5) is 16.5. The van der Waals surface area contributed by atoms with Crippen LogP contribution in [0.25, 0.3) is 0 Å². The number of carbonyl (C=O) groups is 1. The van der Waals surface area contributed by atoms with Crippen LogP contribution in [-0.2, 0) is 6.42 Å². The van der Waals surface area contributed by atoms with Crippen molar-refractivity contribution in [2.75, 3.05) is 17.2 Å². The van der Waals surface area contributed by atoms with Crippen LogP contribution in [0.2, 0.25) is 0 Å². The van der Waals surface area contributed by atoms with E-state index >= 15 is 0 Å². The Morgan fingerprint density at radius 2 is 2.11 bits per heavy atom. The van der Waals surface area contributed by atoms with Gasteiger partial charge in [0, 0.05) is 22.8 Å². The van der Waals surface area contributed by atoms with Crippen LogP contribution >= 0.6 is 11.3 Å². The van der Waals surface area contributed by atoms with E-state index < -0.39 is 0 Å². The van der Waals surface area contributed by atoms with E-state index in [1.54, 1.807) is 11.3 Å². The van der Waals surface area contributed by atoms with E-state index in [0.717, 1.165) is 29.2 Å². The number of anilines is 2. The van der Waals surface area contributed by atoms with Crippen LogP contribution in [0.1, 0.15) is 25.7 Å². The number of amides is 1. The Labute approximate surface area is 116 Å². The molecule has 1 aromatic heterocycles. The first-order valence-corrected chi connectivity index (χ1v) is 7.15. The van der Waals surface area contributed by atoms with Crippen molar-refractivity contribution in [1.82, 2.24) is 0 Å². The molecule has 1 aliphatic heterocycles. The molecule has 0 aliphatic carbocycles. The summed E-state index contributed by atoms with van der Waals surface area (Å²) < 4.78 is 0. The zero-order valence-electron chi connectivity index (χ0n) is 11.1. The fourth-order valence-corrected chi connectivity index (χ4v) is 3.43. The van der Waals surface area contributed by atoms with E-state index in [4.69, 9.17) is 5.73 Å². The van der Waals surface area contributed by atoms with Crippen LogP contribution < -0.4 is 10.6 Å². The van der Waals surface area contributed by atoms with E-state index in [2.05, 4.69) is 6.92 Å². The van der Waals surface area contributed by atoms with E-state index in [-0.39, 0.29) is 5.91 Å². The molecule has 0 atom stereocenters. The summed E-state index contributed by atoms with van der Waals surface area (Å²) in [6.07, 6.45) is 0.884. The molecule has 0 saturated carbocycles. The first-order chi connectivity index (χ1) is 9.06. The normalized spacial score (nSPS) is 13.7. The fourth-order valence-electron chi connectivity index (χ4n) is 2.44. The summed E-state index contributed by atoms with van der Waals surface area (Å²) in [7, 11) is 0. The lowest BCUT2D eigenvalue weighted by Crippen LogP contribution is -2.28. The Morgan fingerprint density at radius 3 is 2.79 bits per heavy atom. The van der Waals surface area contributed by atoms with Crippen LogP contribution in [0.3, 0.4) is 0 Å². The third kappa shape index (κ3) is 2.02. The number of nitrogen functional groups attached to an aromatic ring is 1. The second kappa shape index (κ2) is 4.38. The summed E-state index contributed by atoms with van der Waals surface area (Å²) in [5.74, 6) is 0.102. The van der Waals surface area contributed by atoms with E-state index in [9.17, 15) is 4.79 Å². The number of thiophene rings is 1. The van der Waals surface area contributed by atoms with Crippen LogP contribution in [0.4, 0.5) is 11.4 Å². The molecule has 0 bridgehead atoms. The molecule has 0 unspecified atom stereocenters. The lowest BCUT2D eigenvalue weighted by molar-refractivity contribution is 0.0993.